The van der Waals surface area contributed by atoms with Crippen LogP contribution in [-0.4, -0.2) is 21.8 Å². The van der Waals surface area contributed by atoms with E-state index in [1.54, 1.807) is 22.8 Å². The molecule has 3 aliphatic rings. The number of halogens is 2. The average molecular weight is 479 g/mol. The van der Waals surface area contributed by atoms with Crippen molar-refractivity contribution in [1.29, 1.82) is 0 Å². The molecule has 1 N–H and O–H groups in total. The number of ether oxygens (including phenoxy) is 2. The highest BCUT2D eigenvalue weighted by molar-refractivity contribution is 6.01. The highest BCUT2D eigenvalue weighted by Gasteiger charge is 2.53. The van der Waals surface area contributed by atoms with Crippen molar-refractivity contribution in [1.82, 2.24) is 9.55 Å². The molecule has 0 radical (unpaired) electrons. The van der Waals surface area contributed by atoms with E-state index in [9.17, 15) is 18.4 Å². The lowest BCUT2D eigenvalue weighted by Crippen LogP contribution is -2.28. The molecule has 2 saturated carbocycles. The third-order valence-electron chi connectivity index (χ3n) is 6.85. The molecule has 35 heavy (non-hydrogen) atoms. The summed E-state index contributed by atoms with van der Waals surface area (Å²) >= 11 is 0. The molecule has 1 aromatic carbocycles. The lowest BCUT2D eigenvalue weighted by atomic mass is 9.94. The third kappa shape index (κ3) is 3.84. The van der Waals surface area contributed by atoms with E-state index in [0.717, 1.165) is 29.5 Å². The summed E-state index contributed by atoms with van der Waals surface area (Å²) in [7, 11) is 0. The van der Waals surface area contributed by atoms with Crippen molar-refractivity contribution in [3.05, 3.63) is 69.6 Å². The molecule has 2 aromatic heterocycles. The Morgan fingerprint density at radius 3 is 2.54 bits per heavy atom. The number of nitrogens with one attached hydrogen (secondary N) is 1. The van der Waals surface area contributed by atoms with Gasteiger partial charge >= 0.3 is 6.29 Å². The minimum atomic E-state index is -3.71. The number of fused-ring (bicyclic) bond motifs is 1. The summed E-state index contributed by atoms with van der Waals surface area (Å²) in [6, 6.07) is 10.0. The monoisotopic (exact) mass is 479 g/mol. The lowest BCUT2D eigenvalue weighted by molar-refractivity contribution is -0.286. The molecular formula is C26H23F2N3O4. The van der Waals surface area contributed by atoms with E-state index in [4.69, 9.17) is 0 Å². The van der Waals surface area contributed by atoms with Crippen LogP contribution in [0.15, 0.2) is 47.4 Å². The van der Waals surface area contributed by atoms with Crippen LogP contribution in [0.25, 0.3) is 11.3 Å². The van der Waals surface area contributed by atoms with Crippen molar-refractivity contribution in [2.75, 3.05) is 5.32 Å². The van der Waals surface area contributed by atoms with E-state index in [-0.39, 0.29) is 29.0 Å². The molecule has 2 fully saturated rings. The van der Waals surface area contributed by atoms with Crippen molar-refractivity contribution in [2.24, 2.45) is 0 Å². The molecule has 1 aliphatic heterocycles. The molecule has 3 aromatic rings. The van der Waals surface area contributed by atoms with Crippen LogP contribution in [0.2, 0.25) is 0 Å². The van der Waals surface area contributed by atoms with Crippen LogP contribution in [0.4, 0.5) is 14.6 Å². The van der Waals surface area contributed by atoms with Crippen molar-refractivity contribution in [3.8, 4) is 22.8 Å². The maximum Gasteiger partial charge on any atom is 0.586 e. The van der Waals surface area contributed by atoms with Gasteiger partial charge in [0.2, 0.25) is 5.91 Å². The quantitative estimate of drug-likeness (QED) is 0.566. The molecule has 9 heteroatoms. The maximum absolute atomic E-state index is 13.4. The van der Waals surface area contributed by atoms with Crippen LogP contribution in [0.3, 0.4) is 0 Å². The molecule has 2 aliphatic carbocycles. The third-order valence-corrected chi connectivity index (χ3v) is 6.85. The van der Waals surface area contributed by atoms with Crippen molar-refractivity contribution >= 4 is 11.7 Å². The minimum absolute atomic E-state index is 0.0212. The molecule has 0 atom stereocenters. The number of hydrogen-bond acceptors (Lipinski definition) is 5. The topological polar surface area (TPSA) is 82.4 Å². The first-order valence-corrected chi connectivity index (χ1v) is 11.6. The lowest BCUT2D eigenvalue weighted by Gasteiger charge is -2.17. The molecule has 180 valence electrons. The molecule has 0 unspecified atom stereocenters. The summed E-state index contributed by atoms with van der Waals surface area (Å²) in [6.45, 7) is 3.79. The molecule has 0 spiro atoms. The zero-order valence-electron chi connectivity index (χ0n) is 19.2. The number of carbonyl (C=O) groups is 1. The molecule has 6 rings (SSSR count). The molecule has 0 saturated heterocycles. The summed E-state index contributed by atoms with van der Waals surface area (Å²) in [5.74, 6) is 0.00521. The first kappa shape index (κ1) is 21.8. The van der Waals surface area contributed by atoms with Crippen LogP contribution < -0.4 is 20.3 Å². The largest absolute Gasteiger partial charge is 0.586 e. The van der Waals surface area contributed by atoms with Gasteiger partial charge in [-0.1, -0.05) is 6.07 Å². The molecule has 7 nitrogen and oxygen atoms in total. The van der Waals surface area contributed by atoms with Gasteiger partial charge in [0.1, 0.15) is 5.82 Å². The fourth-order valence-electron chi connectivity index (χ4n) is 4.67. The van der Waals surface area contributed by atoms with Crippen LogP contribution in [0, 0.1) is 13.8 Å². The zero-order chi connectivity index (χ0) is 24.5. The van der Waals surface area contributed by atoms with Crippen LogP contribution >= 0.6 is 0 Å². The first-order valence-electron chi connectivity index (χ1n) is 11.6. The zero-order valence-corrected chi connectivity index (χ0v) is 19.2. The van der Waals surface area contributed by atoms with Gasteiger partial charge in [-0.2, -0.15) is 0 Å². The average Bonchev–Trinajstić information content (AvgIpc) is 3.69. The predicted octanol–water partition coefficient (Wildman–Crippen LogP) is 4.85. The van der Waals surface area contributed by atoms with Gasteiger partial charge in [-0.15, -0.1) is 8.78 Å². The van der Waals surface area contributed by atoms with Gasteiger partial charge in [0.25, 0.3) is 5.56 Å². The van der Waals surface area contributed by atoms with Gasteiger partial charge in [-0.25, -0.2) is 4.98 Å². The van der Waals surface area contributed by atoms with Gasteiger partial charge in [0.05, 0.1) is 11.1 Å². The van der Waals surface area contributed by atoms with Gasteiger partial charge in [-0.3, -0.25) is 9.59 Å². The normalized spacial score (nSPS) is 18.9. The Morgan fingerprint density at radius 1 is 1.09 bits per heavy atom. The fourth-order valence-corrected chi connectivity index (χ4v) is 4.67. The highest BCUT2D eigenvalue weighted by Crippen LogP contribution is 2.52. The summed E-state index contributed by atoms with van der Waals surface area (Å²) in [4.78, 5) is 30.4. The van der Waals surface area contributed by atoms with Crippen LogP contribution in [0.1, 0.15) is 48.4 Å². The van der Waals surface area contributed by atoms with E-state index in [2.05, 4.69) is 19.8 Å². The van der Waals surface area contributed by atoms with Crippen LogP contribution in [-0.2, 0) is 10.2 Å². The van der Waals surface area contributed by atoms with Crippen molar-refractivity contribution in [2.45, 2.75) is 57.3 Å². The Bertz CT molecular complexity index is 1440. The fraction of sp³-hybridized carbons (Fsp3) is 0.346. The maximum atomic E-state index is 13.4. The van der Waals surface area contributed by atoms with E-state index in [0.29, 0.717) is 29.9 Å². The van der Waals surface area contributed by atoms with E-state index >= 15 is 0 Å². The Labute approximate surface area is 199 Å². The summed E-state index contributed by atoms with van der Waals surface area (Å²) in [5.41, 5.74) is 2.97. The Balaban J connectivity index is 1.29. The van der Waals surface area contributed by atoms with Crippen LogP contribution in [0.5, 0.6) is 11.5 Å². The molecule has 0 bridgehead atoms. The second kappa shape index (κ2) is 7.37. The minimum Gasteiger partial charge on any atom is -0.395 e. The smallest absolute Gasteiger partial charge is 0.395 e. The Hall–Kier alpha value is -3.75. The summed E-state index contributed by atoms with van der Waals surface area (Å²) in [6.07, 6.45) is 1.29. The molecular weight excluding hydrogens is 456 g/mol. The number of hydrogen-bond donors (Lipinski definition) is 1. The first-order chi connectivity index (χ1) is 16.6. The standard InChI is InChI=1S/C26H23F2N3O4/c1-14-9-19(18-13-31(17-4-5-17)23(32)11-15(18)2)29-22(10-14)30-24(33)25(7-8-25)16-3-6-20-21(12-16)35-26(27,28)34-20/h3,6,9-13,17H,4-5,7-8H2,1-2H3,(H,29,30,33). The van der Waals surface area contributed by atoms with Gasteiger partial charge < -0.3 is 19.4 Å². The van der Waals surface area contributed by atoms with Gasteiger partial charge in [-0.05, 0) is 80.5 Å². The number of amides is 1. The SMILES string of the molecule is Cc1cc(NC(=O)C2(c3ccc4c(c3)OC(F)(F)O4)CC2)nc(-c2cn(C3CC3)c(=O)cc2C)c1. The number of aromatic nitrogens is 2. The number of aryl methyl sites for hydroxylation is 2. The number of anilines is 1. The van der Waals surface area contributed by atoms with E-state index in [1.807, 2.05) is 26.1 Å². The van der Waals surface area contributed by atoms with Gasteiger partial charge in [0, 0.05) is 23.9 Å². The summed E-state index contributed by atoms with van der Waals surface area (Å²) < 4.78 is 37.6. The second-order valence-electron chi connectivity index (χ2n) is 9.63. The van der Waals surface area contributed by atoms with Gasteiger partial charge in [0.15, 0.2) is 11.5 Å². The number of nitrogens with zero attached hydrogens (tertiary/aromatic N) is 2. The van der Waals surface area contributed by atoms with E-state index < -0.39 is 11.7 Å². The van der Waals surface area contributed by atoms with Crippen molar-refractivity contribution in [3.63, 3.8) is 0 Å². The number of alkyl halides is 2. The Kier molecular flexibility index (Phi) is 4.58. The Morgan fingerprint density at radius 2 is 1.83 bits per heavy atom. The highest BCUT2D eigenvalue weighted by atomic mass is 19.3. The molecule has 1 amide bonds. The van der Waals surface area contributed by atoms with Crippen molar-refractivity contribution < 1.29 is 23.0 Å². The summed E-state index contributed by atoms with van der Waals surface area (Å²) in [5, 5.41) is 2.92. The number of pyridine rings is 2. The second-order valence-corrected chi connectivity index (χ2v) is 9.63. The van der Waals surface area contributed by atoms with E-state index in [1.165, 1.54) is 12.1 Å². The number of benzene rings is 1. The predicted molar refractivity (Wildman–Crippen MR) is 124 cm³/mol. The number of rotatable bonds is 5. The number of carbonyl (C=O) groups excluding carboxylic acids is 1. The molecule has 3 heterocycles.